The first-order valence-corrected chi connectivity index (χ1v) is 7.08. The molecule has 0 bridgehead atoms. The molecule has 7 nitrogen and oxygen atoms in total. The molecule has 110 valence electrons. The molecule has 1 aromatic heterocycles. The number of nitrogens with zero attached hydrogens (tertiary/aromatic N) is 3. The van der Waals surface area contributed by atoms with Gasteiger partial charge in [0.05, 0.1) is 0 Å². The molecule has 1 aromatic rings. The first-order valence-electron chi connectivity index (χ1n) is 7.08. The summed E-state index contributed by atoms with van der Waals surface area (Å²) in [5.74, 6) is 1.67. The zero-order valence-corrected chi connectivity index (χ0v) is 12.0. The highest BCUT2D eigenvalue weighted by molar-refractivity contribution is 5.86. The van der Waals surface area contributed by atoms with Crippen LogP contribution in [0.25, 0.3) is 0 Å². The number of anilines is 3. The van der Waals surface area contributed by atoms with E-state index in [2.05, 4.69) is 27.5 Å². The number of carbonyl (C=O) groups is 1. The van der Waals surface area contributed by atoms with Crippen LogP contribution in [0.15, 0.2) is 6.07 Å². The third kappa shape index (κ3) is 3.09. The Balaban J connectivity index is 2.25. The highest BCUT2D eigenvalue weighted by Gasteiger charge is 2.29. The summed E-state index contributed by atoms with van der Waals surface area (Å²) in [6.07, 6.45) is 1.73. The summed E-state index contributed by atoms with van der Waals surface area (Å²) in [6, 6.07) is 1.66. The SMILES string of the molecule is CCCNc1cc(N2CCNC(=O)C2CC)nc(N)n1. The smallest absolute Gasteiger partial charge is 0.242 e. The van der Waals surface area contributed by atoms with Crippen molar-refractivity contribution in [3.8, 4) is 0 Å². The minimum atomic E-state index is -0.197. The van der Waals surface area contributed by atoms with Crippen molar-refractivity contribution in [1.29, 1.82) is 0 Å². The van der Waals surface area contributed by atoms with Gasteiger partial charge in [-0.05, 0) is 12.8 Å². The Labute approximate surface area is 119 Å². The lowest BCUT2D eigenvalue weighted by Gasteiger charge is -2.35. The van der Waals surface area contributed by atoms with Crippen LogP contribution in [-0.4, -0.2) is 41.6 Å². The molecular formula is C13H22N6O. The van der Waals surface area contributed by atoms with E-state index in [1.54, 1.807) is 0 Å². The molecule has 2 heterocycles. The van der Waals surface area contributed by atoms with Gasteiger partial charge in [0.2, 0.25) is 11.9 Å². The van der Waals surface area contributed by atoms with Crippen LogP contribution in [0.3, 0.4) is 0 Å². The van der Waals surface area contributed by atoms with Gasteiger partial charge in [-0.3, -0.25) is 4.79 Å². The van der Waals surface area contributed by atoms with Crippen molar-refractivity contribution >= 4 is 23.5 Å². The number of carbonyl (C=O) groups excluding carboxylic acids is 1. The molecule has 1 amide bonds. The molecule has 1 fully saturated rings. The van der Waals surface area contributed by atoms with Gasteiger partial charge in [-0.2, -0.15) is 9.97 Å². The Morgan fingerprint density at radius 3 is 3.00 bits per heavy atom. The fraction of sp³-hybridized carbons (Fsp3) is 0.615. The molecule has 20 heavy (non-hydrogen) atoms. The first-order chi connectivity index (χ1) is 9.65. The maximum absolute atomic E-state index is 11.9. The fourth-order valence-electron chi connectivity index (χ4n) is 2.34. The molecule has 0 spiro atoms. The van der Waals surface area contributed by atoms with Crippen LogP contribution in [0, 0.1) is 0 Å². The van der Waals surface area contributed by atoms with Crippen LogP contribution in [0.2, 0.25) is 0 Å². The standard InChI is InChI=1S/C13H22N6O/c1-3-5-15-10-8-11(18-13(14)17-10)19-7-6-16-12(20)9(19)4-2/h8-9H,3-7H2,1-2H3,(H,16,20)(H3,14,15,17,18). The Hall–Kier alpha value is -2.05. The van der Waals surface area contributed by atoms with Gasteiger partial charge in [-0.15, -0.1) is 0 Å². The predicted molar refractivity (Wildman–Crippen MR) is 79.7 cm³/mol. The van der Waals surface area contributed by atoms with Gasteiger partial charge in [-0.1, -0.05) is 13.8 Å². The van der Waals surface area contributed by atoms with Crippen molar-refractivity contribution in [2.24, 2.45) is 0 Å². The molecule has 4 N–H and O–H groups in total. The zero-order chi connectivity index (χ0) is 14.5. The van der Waals surface area contributed by atoms with Gasteiger partial charge in [0, 0.05) is 25.7 Å². The maximum Gasteiger partial charge on any atom is 0.242 e. The van der Waals surface area contributed by atoms with Crippen LogP contribution in [0.4, 0.5) is 17.6 Å². The van der Waals surface area contributed by atoms with Gasteiger partial charge in [0.1, 0.15) is 17.7 Å². The fourth-order valence-corrected chi connectivity index (χ4v) is 2.34. The van der Waals surface area contributed by atoms with E-state index in [9.17, 15) is 4.79 Å². The van der Waals surface area contributed by atoms with Crippen molar-refractivity contribution in [3.05, 3.63) is 6.07 Å². The molecule has 1 aliphatic heterocycles. The van der Waals surface area contributed by atoms with Crippen molar-refractivity contribution < 1.29 is 4.79 Å². The lowest BCUT2D eigenvalue weighted by molar-refractivity contribution is -0.123. The van der Waals surface area contributed by atoms with E-state index in [-0.39, 0.29) is 17.9 Å². The molecule has 1 atom stereocenters. The van der Waals surface area contributed by atoms with Crippen LogP contribution in [-0.2, 0) is 4.79 Å². The first kappa shape index (κ1) is 14.4. The molecule has 1 aliphatic rings. The van der Waals surface area contributed by atoms with E-state index < -0.39 is 0 Å². The number of hydrogen-bond acceptors (Lipinski definition) is 6. The van der Waals surface area contributed by atoms with E-state index in [0.29, 0.717) is 18.2 Å². The third-order valence-electron chi connectivity index (χ3n) is 3.30. The number of nitrogens with two attached hydrogens (primary N) is 1. The normalized spacial score (nSPS) is 18.8. The molecule has 7 heteroatoms. The molecule has 0 aliphatic carbocycles. The Morgan fingerprint density at radius 2 is 2.30 bits per heavy atom. The Bertz CT molecular complexity index is 478. The number of nitrogen functional groups attached to an aromatic ring is 1. The second kappa shape index (κ2) is 6.40. The largest absolute Gasteiger partial charge is 0.370 e. The summed E-state index contributed by atoms with van der Waals surface area (Å²) in [7, 11) is 0. The number of nitrogens with one attached hydrogen (secondary N) is 2. The lowest BCUT2D eigenvalue weighted by atomic mass is 10.1. The second-order valence-corrected chi connectivity index (χ2v) is 4.80. The van der Waals surface area contributed by atoms with Crippen molar-refractivity contribution in [3.63, 3.8) is 0 Å². The quantitative estimate of drug-likeness (QED) is 0.729. The summed E-state index contributed by atoms with van der Waals surface area (Å²) < 4.78 is 0. The van der Waals surface area contributed by atoms with Crippen LogP contribution in [0.1, 0.15) is 26.7 Å². The summed E-state index contributed by atoms with van der Waals surface area (Å²) in [5, 5.41) is 6.08. The van der Waals surface area contributed by atoms with Gasteiger partial charge in [0.25, 0.3) is 0 Å². The highest BCUT2D eigenvalue weighted by Crippen LogP contribution is 2.21. The van der Waals surface area contributed by atoms with E-state index in [4.69, 9.17) is 5.73 Å². The average molecular weight is 278 g/mol. The van der Waals surface area contributed by atoms with Crippen molar-refractivity contribution in [1.82, 2.24) is 15.3 Å². The summed E-state index contributed by atoms with van der Waals surface area (Å²) in [5.41, 5.74) is 5.77. The maximum atomic E-state index is 11.9. The van der Waals surface area contributed by atoms with E-state index in [1.807, 2.05) is 17.9 Å². The number of piperazine rings is 1. The molecule has 1 unspecified atom stereocenters. The van der Waals surface area contributed by atoms with Crippen LogP contribution >= 0.6 is 0 Å². The molecule has 1 saturated heterocycles. The predicted octanol–water partition coefficient (Wildman–Crippen LogP) is 0.595. The molecule has 0 saturated carbocycles. The molecular weight excluding hydrogens is 256 g/mol. The van der Waals surface area contributed by atoms with E-state index >= 15 is 0 Å². The molecule has 0 radical (unpaired) electrons. The lowest BCUT2D eigenvalue weighted by Crippen LogP contribution is -2.55. The van der Waals surface area contributed by atoms with Crippen molar-refractivity contribution in [2.45, 2.75) is 32.7 Å². The van der Waals surface area contributed by atoms with Gasteiger partial charge < -0.3 is 21.3 Å². The van der Waals surface area contributed by atoms with Crippen molar-refractivity contribution in [2.75, 3.05) is 35.6 Å². The Morgan fingerprint density at radius 1 is 1.50 bits per heavy atom. The number of hydrogen-bond donors (Lipinski definition) is 3. The Kier molecular flexibility index (Phi) is 4.60. The van der Waals surface area contributed by atoms with E-state index in [0.717, 1.165) is 25.9 Å². The number of amides is 1. The second-order valence-electron chi connectivity index (χ2n) is 4.80. The van der Waals surface area contributed by atoms with Gasteiger partial charge in [-0.25, -0.2) is 0 Å². The minimum Gasteiger partial charge on any atom is -0.370 e. The number of rotatable bonds is 5. The molecule has 0 aromatic carbocycles. The van der Waals surface area contributed by atoms with Crippen LogP contribution in [0.5, 0.6) is 0 Å². The summed E-state index contributed by atoms with van der Waals surface area (Å²) in [4.78, 5) is 22.3. The summed E-state index contributed by atoms with van der Waals surface area (Å²) in [6.45, 7) is 6.25. The topological polar surface area (TPSA) is 96.2 Å². The third-order valence-corrected chi connectivity index (χ3v) is 3.30. The van der Waals surface area contributed by atoms with E-state index in [1.165, 1.54) is 0 Å². The van der Waals surface area contributed by atoms with Gasteiger partial charge in [0.15, 0.2) is 0 Å². The van der Waals surface area contributed by atoms with Crippen LogP contribution < -0.4 is 21.3 Å². The number of aromatic nitrogens is 2. The zero-order valence-electron chi connectivity index (χ0n) is 12.0. The highest BCUT2D eigenvalue weighted by atomic mass is 16.2. The summed E-state index contributed by atoms with van der Waals surface area (Å²) >= 11 is 0. The average Bonchev–Trinajstić information content (AvgIpc) is 2.44. The monoisotopic (exact) mass is 278 g/mol. The van der Waals surface area contributed by atoms with Gasteiger partial charge >= 0.3 is 0 Å². The molecule has 2 rings (SSSR count). The minimum absolute atomic E-state index is 0.0407.